The Labute approximate surface area is 187 Å². The van der Waals surface area contributed by atoms with Crippen LogP contribution in [0, 0.1) is 13.8 Å². The van der Waals surface area contributed by atoms with Crippen LogP contribution in [0.15, 0.2) is 72.8 Å². The Morgan fingerprint density at radius 1 is 0.781 bits per heavy atom. The van der Waals surface area contributed by atoms with Gasteiger partial charge in [-0.1, -0.05) is 59.7 Å². The number of esters is 1. The molecule has 0 radical (unpaired) electrons. The molecule has 0 bridgehead atoms. The van der Waals surface area contributed by atoms with Crippen LogP contribution in [0.3, 0.4) is 0 Å². The first kappa shape index (κ1) is 22.7. The summed E-state index contributed by atoms with van der Waals surface area (Å²) in [5.74, 6) is -0.848. The number of aryl methyl sites for hydroxylation is 2. The van der Waals surface area contributed by atoms with Gasteiger partial charge in [0, 0.05) is 16.7 Å². The maximum atomic E-state index is 13.1. The molecular formula is C26H25NO5. The lowest BCUT2D eigenvalue weighted by molar-refractivity contribution is -0.146. The van der Waals surface area contributed by atoms with Gasteiger partial charge in [0.25, 0.3) is 5.91 Å². The van der Waals surface area contributed by atoms with Gasteiger partial charge in [-0.2, -0.15) is 0 Å². The van der Waals surface area contributed by atoms with Crippen LogP contribution < -0.4 is 10.1 Å². The largest absolute Gasteiger partial charge is 0.497 e. The number of ether oxygens (including phenoxy) is 2. The number of benzene rings is 3. The molecule has 164 valence electrons. The number of amides is 1. The van der Waals surface area contributed by atoms with E-state index >= 15 is 0 Å². The fourth-order valence-electron chi connectivity index (χ4n) is 3.05. The third-order valence-corrected chi connectivity index (χ3v) is 4.95. The van der Waals surface area contributed by atoms with Crippen LogP contribution in [0.4, 0.5) is 0 Å². The lowest BCUT2D eigenvalue weighted by Crippen LogP contribution is -2.32. The topological polar surface area (TPSA) is 81.7 Å². The van der Waals surface area contributed by atoms with Gasteiger partial charge in [-0.3, -0.25) is 14.4 Å². The molecule has 0 saturated heterocycles. The molecular weight excluding hydrogens is 406 g/mol. The van der Waals surface area contributed by atoms with E-state index in [1.165, 1.54) is 7.11 Å². The van der Waals surface area contributed by atoms with Gasteiger partial charge in [-0.25, -0.2) is 0 Å². The van der Waals surface area contributed by atoms with Crippen molar-refractivity contribution in [3.63, 3.8) is 0 Å². The SMILES string of the molecule is COc1ccc(C(=O)NCC(=O)OC(C(=O)c2ccc(C)cc2)c2ccc(C)cc2)cc1. The van der Waals surface area contributed by atoms with E-state index in [0.717, 1.165) is 11.1 Å². The van der Waals surface area contributed by atoms with Crippen molar-refractivity contribution in [1.29, 1.82) is 0 Å². The van der Waals surface area contributed by atoms with Gasteiger partial charge >= 0.3 is 5.97 Å². The molecule has 1 atom stereocenters. The minimum atomic E-state index is -1.11. The minimum absolute atomic E-state index is 0.330. The minimum Gasteiger partial charge on any atom is -0.497 e. The van der Waals surface area contributed by atoms with Gasteiger partial charge in [-0.15, -0.1) is 0 Å². The summed E-state index contributed by atoms with van der Waals surface area (Å²) in [7, 11) is 1.54. The normalized spacial score (nSPS) is 11.3. The molecule has 3 rings (SSSR count). The Bertz CT molecular complexity index is 1090. The van der Waals surface area contributed by atoms with Gasteiger partial charge in [0.15, 0.2) is 6.10 Å². The molecule has 1 N–H and O–H groups in total. The number of ketones is 1. The van der Waals surface area contributed by atoms with Gasteiger partial charge in [-0.05, 0) is 38.1 Å². The van der Waals surface area contributed by atoms with E-state index < -0.39 is 18.0 Å². The number of methoxy groups -OCH3 is 1. The second-order valence-corrected chi connectivity index (χ2v) is 7.42. The molecule has 0 aliphatic carbocycles. The first-order valence-corrected chi connectivity index (χ1v) is 10.2. The van der Waals surface area contributed by atoms with Gasteiger partial charge in [0.05, 0.1) is 7.11 Å². The zero-order valence-corrected chi connectivity index (χ0v) is 18.3. The van der Waals surface area contributed by atoms with Crippen molar-refractivity contribution < 1.29 is 23.9 Å². The van der Waals surface area contributed by atoms with Crippen molar-refractivity contribution in [3.05, 3.63) is 101 Å². The molecule has 0 aromatic heterocycles. The predicted octanol–water partition coefficient (Wildman–Crippen LogP) is 4.21. The highest BCUT2D eigenvalue weighted by Crippen LogP contribution is 2.23. The lowest BCUT2D eigenvalue weighted by atomic mass is 9.98. The number of Topliss-reactive ketones (excluding diaryl/α,β-unsaturated/α-hetero) is 1. The van der Waals surface area contributed by atoms with E-state index in [4.69, 9.17) is 9.47 Å². The molecule has 0 spiro atoms. The number of hydrogen-bond acceptors (Lipinski definition) is 5. The number of nitrogens with one attached hydrogen (secondary N) is 1. The van der Waals surface area contributed by atoms with Crippen molar-refractivity contribution in [2.45, 2.75) is 20.0 Å². The van der Waals surface area contributed by atoms with E-state index in [2.05, 4.69) is 5.32 Å². The van der Waals surface area contributed by atoms with Gasteiger partial charge in [0.1, 0.15) is 12.3 Å². The highest BCUT2D eigenvalue weighted by atomic mass is 16.5. The Balaban J connectivity index is 1.71. The molecule has 0 saturated carbocycles. The molecule has 32 heavy (non-hydrogen) atoms. The molecule has 6 nitrogen and oxygen atoms in total. The van der Waals surface area contributed by atoms with Crippen molar-refractivity contribution in [2.75, 3.05) is 13.7 Å². The van der Waals surface area contributed by atoms with E-state index in [0.29, 0.717) is 22.4 Å². The van der Waals surface area contributed by atoms with Crippen LogP contribution in [0.5, 0.6) is 5.75 Å². The van der Waals surface area contributed by atoms with Crippen LogP contribution in [-0.2, 0) is 9.53 Å². The fourth-order valence-corrected chi connectivity index (χ4v) is 3.05. The maximum absolute atomic E-state index is 13.1. The molecule has 1 unspecified atom stereocenters. The average molecular weight is 431 g/mol. The molecule has 0 fully saturated rings. The summed E-state index contributed by atoms with van der Waals surface area (Å²) in [6.07, 6.45) is -1.11. The standard InChI is InChI=1S/C26H25NO5/c1-17-4-8-19(9-5-17)24(29)25(20-10-6-18(2)7-11-20)32-23(28)16-27-26(30)21-12-14-22(31-3)15-13-21/h4-15,25H,16H2,1-3H3,(H,27,30). The first-order chi connectivity index (χ1) is 15.4. The Morgan fingerprint density at radius 2 is 1.31 bits per heavy atom. The van der Waals surface area contributed by atoms with E-state index in [9.17, 15) is 14.4 Å². The lowest BCUT2D eigenvalue weighted by Gasteiger charge is -2.18. The van der Waals surface area contributed by atoms with Crippen molar-refractivity contribution >= 4 is 17.7 Å². The van der Waals surface area contributed by atoms with Crippen LogP contribution in [0.2, 0.25) is 0 Å². The van der Waals surface area contributed by atoms with Crippen molar-refractivity contribution in [3.8, 4) is 5.75 Å². The Kier molecular flexibility index (Phi) is 7.39. The third kappa shape index (κ3) is 5.82. The van der Waals surface area contributed by atoms with Crippen LogP contribution in [0.25, 0.3) is 0 Å². The number of hydrogen-bond donors (Lipinski definition) is 1. The van der Waals surface area contributed by atoms with Gasteiger partial charge < -0.3 is 14.8 Å². The third-order valence-electron chi connectivity index (χ3n) is 4.95. The van der Waals surface area contributed by atoms with Crippen molar-refractivity contribution in [1.82, 2.24) is 5.32 Å². The average Bonchev–Trinajstić information content (AvgIpc) is 2.82. The molecule has 0 aliphatic rings. The summed E-state index contributed by atoms with van der Waals surface area (Å²) in [5.41, 5.74) is 3.43. The molecule has 3 aromatic rings. The molecule has 0 aliphatic heterocycles. The van der Waals surface area contributed by atoms with Crippen LogP contribution in [-0.4, -0.2) is 31.3 Å². The van der Waals surface area contributed by atoms with Crippen LogP contribution in [0.1, 0.15) is 43.5 Å². The van der Waals surface area contributed by atoms with Crippen molar-refractivity contribution in [2.24, 2.45) is 0 Å². The summed E-state index contributed by atoms with van der Waals surface area (Å²) >= 11 is 0. The zero-order valence-electron chi connectivity index (χ0n) is 18.3. The zero-order chi connectivity index (χ0) is 23.1. The smallest absolute Gasteiger partial charge is 0.326 e. The highest BCUT2D eigenvalue weighted by Gasteiger charge is 2.26. The summed E-state index contributed by atoms with van der Waals surface area (Å²) < 4.78 is 10.6. The van der Waals surface area contributed by atoms with Gasteiger partial charge in [0.2, 0.25) is 5.78 Å². The second kappa shape index (κ2) is 10.4. The monoisotopic (exact) mass is 431 g/mol. The first-order valence-electron chi connectivity index (χ1n) is 10.2. The Hall–Kier alpha value is -3.93. The number of carbonyl (C=O) groups excluding carboxylic acids is 3. The number of carbonyl (C=O) groups is 3. The summed E-state index contributed by atoms with van der Waals surface area (Å²) in [6.45, 7) is 3.49. The molecule has 3 aromatic carbocycles. The maximum Gasteiger partial charge on any atom is 0.326 e. The van der Waals surface area contributed by atoms with E-state index in [1.807, 2.05) is 38.1 Å². The molecule has 0 heterocycles. The highest BCUT2D eigenvalue weighted by molar-refractivity contribution is 6.01. The number of rotatable bonds is 8. The van der Waals surface area contributed by atoms with E-state index in [-0.39, 0.29) is 12.3 Å². The summed E-state index contributed by atoms with van der Waals surface area (Å²) in [6, 6.07) is 20.8. The second-order valence-electron chi connectivity index (χ2n) is 7.42. The molecule has 1 amide bonds. The Morgan fingerprint density at radius 3 is 1.88 bits per heavy atom. The predicted molar refractivity (Wildman–Crippen MR) is 121 cm³/mol. The fraction of sp³-hybridized carbons (Fsp3) is 0.192. The summed E-state index contributed by atoms with van der Waals surface area (Å²) in [5, 5.41) is 2.52. The quantitative estimate of drug-likeness (QED) is 0.427. The van der Waals surface area contributed by atoms with Crippen LogP contribution >= 0.6 is 0 Å². The molecule has 6 heteroatoms. The summed E-state index contributed by atoms with van der Waals surface area (Å²) in [4.78, 5) is 37.9. The van der Waals surface area contributed by atoms with E-state index in [1.54, 1.807) is 48.5 Å².